The first-order valence-corrected chi connectivity index (χ1v) is 4.10. The van der Waals surface area contributed by atoms with Crippen LogP contribution in [0.15, 0.2) is 18.4 Å². The number of rotatable bonds is 2. The maximum Gasteiger partial charge on any atom is 0.143 e. The van der Waals surface area contributed by atoms with Crippen LogP contribution in [-0.2, 0) is 4.74 Å². The van der Waals surface area contributed by atoms with Crippen LogP contribution in [0.4, 0.5) is 0 Å². The Bertz CT molecular complexity index is 238. The molecule has 0 amide bonds. The van der Waals surface area contributed by atoms with Crippen molar-refractivity contribution in [3.63, 3.8) is 0 Å². The highest BCUT2D eigenvalue weighted by Gasteiger charge is 2.51. The third kappa shape index (κ3) is 1.57. The molecule has 1 fully saturated rings. The van der Waals surface area contributed by atoms with Gasteiger partial charge in [0, 0.05) is 0 Å². The molecule has 1 aliphatic rings. The minimum Gasteiger partial charge on any atom is -0.394 e. The van der Waals surface area contributed by atoms with Crippen LogP contribution in [0.1, 0.15) is 0 Å². The Morgan fingerprint density at radius 2 is 2.31 bits per heavy atom. The minimum atomic E-state index is -1.49. The third-order valence-corrected chi connectivity index (χ3v) is 2.37. The Hall–Kier alpha value is -0.575. The van der Waals surface area contributed by atoms with Gasteiger partial charge in [-0.3, -0.25) is 0 Å². The van der Waals surface area contributed by atoms with E-state index in [-0.39, 0.29) is 6.61 Å². The van der Waals surface area contributed by atoms with Gasteiger partial charge in [0.05, 0.1) is 12.6 Å². The van der Waals surface area contributed by atoms with Crippen LogP contribution in [0.3, 0.4) is 0 Å². The zero-order chi connectivity index (χ0) is 10.1. The van der Waals surface area contributed by atoms with Crippen molar-refractivity contribution in [2.75, 3.05) is 6.61 Å². The normalized spacial score (nSPS) is 44.4. The molecule has 0 spiro atoms. The molecule has 1 aliphatic heterocycles. The van der Waals surface area contributed by atoms with Crippen LogP contribution in [0.25, 0.3) is 0 Å². The lowest BCUT2D eigenvalue weighted by molar-refractivity contribution is -0.0285. The van der Waals surface area contributed by atoms with Crippen LogP contribution in [-0.4, -0.2) is 53.6 Å². The van der Waals surface area contributed by atoms with E-state index in [1.807, 2.05) is 0 Å². The molecule has 0 bridgehead atoms. The molecule has 5 heteroatoms. The van der Waals surface area contributed by atoms with Gasteiger partial charge in [-0.1, -0.05) is 6.58 Å². The second-order valence-corrected chi connectivity index (χ2v) is 3.18. The molecule has 0 radical (unpaired) electrons. The Morgan fingerprint density at radius 1 is 1.69 bits per heavy atom. The molecule has 0 saturated carbocycles. The summed E-state index contributed by atoms with van der Waals surface area (Å²) in [5.74, 6) is 0. The highest BCUT2D eigenvalue weighted by molar-refractivity contribution is 6.12. The lowest BCUT2D eigenvalue weighted by atomic mass is 9.80. The Balaban J connectivity index is 2.91. The monoisotopic (exact) mass is 184 g/mol. The van der Waals surface area contributed by atoms with Gasteiger partial charge in [0.1, 0.15) is 25.7 Å². The molecule has 4 nitrogen and oxygen atoms in total. The number of ether oxygens (including phenoxy) is 1. The number of hydrogen-bond donors (Lipinski definition) is 3. The molecule has 1 unspecified atom stereocenters. The number of aliphatic hydroxyl groups excluding tert-OH is 2. The minimum absolute atomic E-state index is 0.321. The maximum absolute atomic E-state index is 9.89. The molecule has 1 heterocycles. The first kappa shape index (κ1) is 10.5. The lowest BCUT2D eigenvalue weighted by Gasteiger charge is -2.24. The van der Waals surface area contributed by atoms with Crippen molar-refractivity contribution in [1.82, 2.24) is 0 Å². The van der Waals surface area contributed by atoms with E-state index < -0.39 is 23.8 Å². The highest BCUT2D eigenvalue weighted by atomic mass is 16.6. The number of hydrogen-bond acceptors (Lipinski definition) is 4. The summed E-state index contributed by atoms with van der Waals surface area (Å²) in [6.45, 7) is 3.00. The van der Waals surface area contributed by atoms with Gasteiger partial charge in [-0.05, 0) is 6.08 Å². The van der Waals surface area contributed by atoms with Gasteiger partial charge in [-0.15, -0.1) is 5.73 Å². The quantitative estimate of drug-likeness (QED) is 0.335. The maximum atomic E-state index is 9.89. The molecule has 72 valence electrons. The van der Waals surface area contributed by atoms with E-state index >= 15 is 0 Å². The summed E-state index contributed by atoms with van der Waals surface area (Å²) in [5.41, 5.74) is 0.918. The zero-order valence-electron chi connectivity index (χ0n) is 7.47. The molecule has 0 aliphatic carbocycles. The standard InChI is InChI=1S/C8H13BO4/c1-2-3-8(12)6(11)5(4-10)13-7(8)9/h3,5-7,10-12H,1,4,9H2/t5-,6?,7-,8-/m1/s1. The topological polar surface area (TPSA) is 69.9 Å². The summed E-state index contributed by atoms with van der Waals surface area (Å²) in [5, 5.41) is 28.3. The van der Waals surface area contributed by atoms with Crippen LogP contribution in [0.2, 0.25) is 0 Å². The van der Waals surface area contributed by atoms with E-state index in [1.165, 1.54) is 6.08 Å². The molecular weight excluding hydrogens is 171 g/mol. The number of aliphatic hydroxyl groups is 3. The van der Waals surface area contributed by atoms with E-state index in [9.17, 15) is 10.2 Å². The first-order valence-electron chi connectivity index (χ1n) is 4.10. The highest BCUT2D eigenvalue weighted by Crippen LogP contribution is 2.30. The van der Waals surface area contributed by atoms with Gasteiger partial charge in [-0.25, -0.2) is 0 Å². The van der Waals surface area contributed by atoms with Crippen molar-refractivity contribution in [1.29, 1.82) is 0 Å². The van der Waals surface area contributed by atoms with Crippen molar-refractivity contribution >= 4 is 7.85 Å². The van der Waals surface area contributed by atoms with Gasteiger partial charge >= 0.3 is 0 Å². The molecule has 0 aromatic heterocycles. The molecule has 13 heavy (non-hydrogen) atoms. The largest absolute Gasteiger partial charge is 0.394 e. The molecule has 1 rings (SSSR count). The predicted octanol–water partition coefficient (Wildman–Crippen LogP) is -2.23. The van der Waals surface area contributed by atoms with E-state index in [2.05, 4.69) is 12.3 Å². The Kier molecular flexibility index (Phi) is 2.96. The molecule has 4 atom stereocenters. The average molecular weight is 184 g/mol. The van der Waals surface area contributed by atoms with Crippen LogP contribution < -0.4 is 0 Å². The summed E-state index contributed by atoms with van der Waals surface area (Å²) in [6.07, 6.45) is -0.621. The summed E-state index contributed by atoms with van der Waals surface area (Å²) >= 11 is 0. The fraction of sp³-hybridized carbons (Fsp3) is 0.625. The molecule has 3 N–H and O–H groups in total. The van der Waals surface area contributed by atoms with Gasteiger partial charge in [0.25, 0.3) is 0 Å². The van der Waals surface area contributed by atoms with E-state index in [4.69, 9.17) is 9.84 Å². The van der Waals surface area contributed by atoms with Gasteiger partial charge in [-0.2, -0.15) is 0 Å². The molecule has 0 aromatic rings. The van der Waals surface area contributed by atoms with E-state index in [0.29, 0.717) is 0 Å². The predicted molar refractivity (Wildman–Crippen MR) is 49.0 cm³/mol. The van der Waals surface area contributed by atoms with Gasteiger partial charge in [0.2, 0.25) is 0 Å². The average Bonchev–Trinajstić information content (AvgIpc) is 2.31. The van der Waals surface area contributed by atoms with E-state index in [0.717, 1.165) is 0 Å². The second-order valence-electron chi connectivity index (χ2n) is 3.18. The lowest BCUT2D eigenvalue weighted by Crippen LogP contribution is -2.47. The third-order valence-electron chi connectivity index (χ3n) is 2.37. The van der Waals surface area contributed by atoms with Crippen molar-refractivity contribution in [2.45, 2.75) is 23.8 Å². The zero-order valence-corrected chi connectivity index (χ0v) is 7.47. The van der Waals surface area contributed by atoms with Crippen molar-refractivity contribution < 1.29 is 20.1 Å². The first-order chi connectivity index (χ1) is 6.06. The summed E-state index contributed by atoms with van der Waals surface area (Å²) in [4.78, 5) is 0. The fourth-order valence-corrected chi connectivity index (χ4v) is 1.49. The SMILES string of the molecule is B[C@@H]1O[C@H](CO)C(O)[C@]1(O)C=C=C. The Morgan fingerprint density at radius 3 is 2.69 bits per heavy atom. The van der Waals surface area contributed by atoms with Crippen molar-refractivity contribution in [2.24, 2.45) is 0 Å². The molecule has 1 saturated heterocycles. The van der Waals surface area contributed by atoms with Crippen LogP contribution >= 0.6 is 0 Å². The molecule has 0 aromatic carbocycles. The smallest absolute Gasteiger partial charge is 0.143 e. The van der Waals surface area contributed by atoms with Gasteiger partial charge in [0.15, 0.2) is 0 Å². The summed E-state index contributed by atoms with van der Waals surface area (Å²) < 4.78 is 5.14. The Labute approximate surface area is 77.6 Å². The van der Waals surface area contributed by atoms with Crippen LogP contribution in [0.5, 0.6) is 0 Å². The van der Waals surface area contributed by atoms with E-state index in [1.54, 1.807) is 7.85 Å². The second kappa shape index (κ2) is 3.66. The summed E-state index contributed by atoms with van der Waals surface area (Å²) in [6, 6.07) is -0.575. The molecular formula is C8H13BO4. The summed E-state index contributed by atoms with van der Waals surface area (Å²) in [7, 11) is 1.62. The van der Waals surface area contributed by atoms with Gasteiger partial charge < -0.3 is 20.1 Å². The fourth-order valence-electron chi connectivity index (χ4n) is 1.49. The van der Waals surface area contributed by atoms with Crippen molar-refractivity contribution in [3.8, 4) is 0 Å². The van der Waals surface area contributed by atoms with Crippen molar-refractivity contribution in [3.05, 3.63) is 18.4 Å². The van der Waals surface area contributed by atoms with Crippen LogP contribution in [0, 0.1) is 0 Å².